The number of carbonyl (C=O) groups is 2. The fourth-order valence-corrected chi connectivity index (χ4v) is 7.66. The first kappa shape index (κ1) is 47.4. The van der Waals surface area contributed by atoms with Crippen molar-refractivity contribution in [2.24, 2.45) is 5.14 Å². The number of primary sulfonamides is 1. The number of halogens is 1. The Bertz CT molecular complexity index is 3020. The number of nitrogens with two attached hydrogens (primary N) is 4. The highest BCUT2D eigenvalue weighted by Gasteiger charge is 2.23. The fraction of sp³-hybridized carbons (Fsp3) is 0.125. The Balaban J connectivity index is 0.000000182. The highest BCUT2D eigenvalue weighted by atomic mass is 35.5. The number of urea groups is 1. The summed E-state index contributed by atoms with van der Waals surface area (Å²) in [6, 6.07) is 23.1. The van der Waals surface area contributed by atoms with Gasteiger partial charge in [-0.2, -0.15) is 9.97 Å². The number of aromatic carboxylic acids is 1. The SMILES string of the molecule is Cc1cccc(Nc2ccncc2S(=O)(=O)NC(=O)NC(C)C)c1.NS(=O)(=O)c1cc(C(=O)O)c(NCc2ccco2)cc1Cl.Nc1nc(N)c2nc(-c3ccccc3)c(N)nc2n1. The summed E-state index contributed by atoms with van der Waals surface area (Å²) in [5.41, 5.74) is 21.3. The molecule has 21 nitrogen and oxygen atoms in total. The Kier molecular flexibility index (Phi) is 15.2. The minimum absolute atomic E-state index is 0.0474. The molecule has 0 saturated carbocycles. The van der Waals surface area contributed by atoms with E-state index >= 15 is 0 Å². The lowest BCUT2D eigenvalue weighted by molar-refractivity contribution is 0.0697. The summed E-state index contributed by atoms with van der Waals surface area (Å²) in [5, 5.41) is 22.3. The summed E-state index contributed by atoms with van der Waals surface area (Å²) in [6.45, 7) is 5.63. The number of furan rings is 1. The minimum atomic E-state index is -4.11. The van der Waals surface area contributed by atoms with E-state index in [1.165, 1.54) is 30.8 Å². The number of nitrogens with one attached hydrogen (secondary N) is 4. The van der Waals surface area contributed by atoms with Crippen LogP contribution in [0.4, 0.5) is 39.4 Å². The average molecular weight is 932 g/mol. The van der Waals surface area contributed by atoms with Crippen LogP contribution in [0.3, 0.4) is 0 Å². The minimum Gasteiger partial charge on any atom is -0.478 e. The molecule has 0 aliphatic carbocycles. The van der Waals surface area contributed by atoms with Gasteiger partial charge in [-0.3, -0.25) is 4.98 Å². The third-order valence-electron chi connectivity index (χ3n) is 8.31. The molecule has 3 aromatic carbocycles. The van der Waals surface area contributed by atoms with Crippen molar-refractivity contribution in [2.75, 3.05) is 27.8 Å². The van der Waals surface area contributed by atoms with E-state index in [1.54, 1.807) is 26.0 Å². The highest BCUT2D eigenvalue weighted by molar-refractivity contribution is 7.90. The Labute approximate surface area is 371 Å². The molecule has 0 radical (unpaired) electrons. The number of rotatable bonds is 11. The number of aryl methyl sites for hydroxylation is 1. The largest absolute Gasteiger partial charge is 0.478 e. The van der Waals surface area contributed by atoms with Gasteiger partial charge in [0, 0.05) is 29.7 Å². The summed E-state index contributed by atoms with van der Waals surface area (Å²) < 4.78 is 54.7. The summed E-state index contributed by atoms with van der Waals surface area (Å²) in [5.74, 6) is -0.217. The molecule has 4 heterocycles. The lowest BCUT2D eigenvalue weighted by atomic mass is 10.1. The number of nitrogen functional groups attached to an aromatic ring is 3. The Morgan fingerprint density at radius 1 is 0.844 bits per heavy atom. The van der Waals surface area contributed by atoms with Crippen molar-refractivity contribution in [2.45, 2.75) is 43.1 Å². The molecule has 0 unspecified atom stereocenters. The molecule has 4 aromatic heterocycles. The Morgan fingerprint density at radius 3 is 2.22 bits per heavy atom. The van der Waals surface area contributed by atoms with Crippen molar-refractivity contribution in [3.63, 3.8) is 0 Å². The molecule has 24 heteroatoms. The first-order valence-electron chi connectivity index (χ1n) is 18.6. The molecule has 0 bridgehead atoms. The predicted molar refractivity (Wildman–Crippen MR) is 242 cm³/mol. The van der Waals surface area contributed by atoms with Crippen molar-refractivity contribution in [1.82, 2.24) is 35.0 Å². The number of fused-ring (bicyclic) bond motifs is 1. The highest BCUT2D eigenvalue weighted by Crippen LogP contribution is 2.30. The smallest absolute Gasteiger partial charge is 0.337 e. The van der Waals surface area contributed by atoms with Crippen LogP contribution in [0, 0.1) is 6.92 Å². The number of carbonyl (C=O) groups excluding carboxylic acids is 1. The topological polar surface area (TPSA) is 352 Å². The number of carboxylic acid groups (broad SMARTS) is 1. The maximum absolute atomic E-state index is 12.5. The number of carboxylic acids is 1. The van der Waals surface area contributed by atoms with E-state index in [-0.39, 0.29) is 51.3 Å². The van der Waals surface area contributed by atoms with Crippen LogP contribution in [0.2, 0.25) is 5.02 Å². The maximum atomic E-state index is 12.5. The van der Waals surface area contributed by atoms with E-state index in [0.717, 1.165) is 22.9 Å². The van der Waals surface area contributed by atoms with Gasteiger partial charge in [0.1, 0.15) is 21.2 Å². The lowest BCUT2D eigenvalue weighted by Gasteiger charge is -2.14. The van der Waals surface area contributed by atoms with E-state index in [0.29, 0.717) is 28.3 Å². The quantitative estimate of drug-likeness (QED) is 0.0799. The predicted octanol–water partition coefficient (Wildman–Crippen LogP) is 5.25. The molecule has 64 heavy (non-hydrogen) atoms. The number of nitrogens with zero attached hydrogens (tertiary/aromatic N) is 5. The number of aromatic nitrogens is 5. The number of benzene rings is 3. The third-order valence-corrected chi connectivity index (χ3v) is 11.0. The van der Waals surface area contributed by atoms with Gasteiger partial charge in [-0.05, 0) is 68.8 Å². The van der Waals surface area contributed by atoms with Crippen LogP contribution >= 0.6 is 11.6 Å². The van der Waals surface area contributed by atoms with Crippen LogP contribution in [0.5, 0.6) is 0 Å². The molecule has 0 aliphatic heterocycles. The molecule has 0 saturated heterocycles. The molecule has 2 amide bonds. The first-order valence-corrected chi connectivity index (χ1v) is 22.0. The van der Waals surface area contributed by atoms with Gasteiger partial charge in [0.15, 0.2) is 22.8 Å². The summed E-state index contributed by atoms with van der Waals surface area (Å²) >= 11 is 5.84. The molecule has 0 fully saturated rings. The monoisotopic (exact) mass is 931 g/mol. The molecule has 7 aromatic rings. The van der Waals surface area contributed by atoms with Gasteiger partial charge in [0.05, 0.1) is 34.8 Å². The van der Waals surface area contributed by atoms with Crippen LogP contribution in [0.1, 0.15) is 35.5 Å². The Morgan fingerprint density at radius 2 is 1.58 bits per heavy atom. The fourth-order valence-electron chi connectivity index (χ4n) is 5.54. The van der Waals surface area contributed by atoms with Gasteiger partial charge in [0.25, 0.3) is 10.0 Å². The van der Waals surface area contributed by atoms with Crippen LogP contribution in [-0.2, 0) is 26.6 Å². The van der Waals surface area contributed by atoms with Gasteiger partial charge in [0.2, 0.25) is 16.0 Å². The zero-order valence-electron chi connectivity index (χ0n) is 34.1. The van der Waals surface area contributed by atoms with E-state index < -0.39 is 36.9 Å². The summed E-state index contributed by atoms with van der Waals surface area (Å²) in [4.78, 5) is 42.7. The molecule has 13 N–H and O–H groups in total. The molecule has 0 aliphatic rings. The molecule has 0 spiro atoms. The number of amides is 2. The van der Waals surface area contributed by atoms with Crippen molar-refractivity contribution < 1.29 is 35.9 Å². The molecular weight excluding hydrogens is 890 g/mol. The van der Waals surface area contributed by atoms with E-state index in [2.05, 4.69) is 40.9 Å². The van der Waals surface area contributed by atoms with E-state index in [1.807, 2.05) is 66.2 Å². The second-order valence-corrected chi connectivity index (χ2v) is 17.3. The number of pyridine rings is 1. The standard InChI is InChI=1S/C16H20N4O3S.C12H11ClN2O5S.C12H11N7/c1-11(2)18-16(21)20-24(22,23)15-10-17-8-7-14(15)19-13-6-4-5-12(3)9-13;13-9-5-10(15-6-7-2-1-3-20-7)8(12(16)17)4-11(9)21(14,18)19;13-9-7(6-4-2-1-3-5-6)16-8-10(14)18-12(15)19-11(8)17-9/h4-11H,1-3H3,(H,17,19)(H2,18,20,21);1-5,15H,6H2,(H,16,17)(H2,14,18,19);1-5H,(H6,13,14,15,17,18,19). The second-order valence-electron chi connectivity index (χ2n) is 13.7. The van der Waals surface area contributed by atoms with Crippen molar-refractivity contribution in [3.8, 4) is 11.3 Å². The Hall–Kier alpha value is -7.60. The lowest BCUT2D eigenvalue weighted by Crippen LogP contribution is -2.42. The van der Waals surface area contributed by atoms with Crippen LogP contribution in [0.15, 0.2) is 118 Å². The summed E-state index contributed by atoms with van der Waals surface area (Å²) in [6.07, 6.45) is 4.15. The average Bonchev–Trinajstić information content (AvgIpc) is 3.74. The van der Waals surface area contributed by atoms with Crippen molar-refractivity contribution in [3.05, 3.63) is 125 Å². The summed E-state index contributed by atoms with van der Waals surface area (Å²) in [7, 11) is -8.16. The maximum Gasteiger partial charge on any atom is 0.337 e. The van der Waals surface area contributed by atoms with Crippen molar-refractivity contribution in [1.29, 1.82) is 0 Å². The van der Waals surface area contributed by atoms with Crippen LogP contribution in [0.25, 0.3) is 22.4 Å². The normalized spacial score (nSPS) is 11.1. The van der Waals surface area contributed by atoms with Gasteiger partial charge in [-0.15, -0.1) is 0 Å². The third kappa shape index (κ3) is 12.7. The number of hydrogen-bond acceptors (Lipinski definition) is 17. The zero-order valence-corrected chi connectivity index (χ0v) is 36.5. The van der Waals surface area contributed by atoms with Crippen LogP contribution < -0.4 is 43.0 Å². The second kappa shape index (κ2) is 20.5. The zero-order chi connectivity index (χ0) is 46.8. The molecule has 0 atom stereocenters. The van der Waals surface area contributed by atoms with Gasteiger partial charge >= 0.3 is 12.0 Å². The number of sulfonamides is 2. The van der Waals surface area contributed by atoms with E-state index in [4.69, 9.17) is 43.5 Å². The van der Waals surface area contributed by atoms with E-state index in [9.17, 15) is 26.4 Å². The van der Waals surface area contributed by atoms with Gasteiger partial charge < -0.3 is 42.7 Å². The molecular formula is C40H42ClN13O8S2. The van der Waals surface area contributed by atoms with Gasteiger partial charge in [-0.1, -0.05) is 54.1 Å². The number of anilines is 6. The first-order chi connectivity index (χ1) is 30.2. The molecule has 334 valence electrons. The van der Waals surface area contributed by atoms with Crippen molar-refractivity contribution >= 4 is 89.5 Å². The van der Waals surface area contributed by atoms with Crippen LogP contribution in [-0.4, -0.2) is 64.9 Å². The number of hydrogen-bond donors (Lipinski definition) is 9. The molecule has 7 rings (SSSR count). The van der Waals surface area contributed by atoms with Gasteiger partial charge in [-0.25, -0.2) is 46.3 Å².